The molecule has 11 rings (SSSR count). The average molecular weight is 1010 g/mol. The monoisotopic (exact) mass is 1010 g/mol. The Kier molecular flexibility index (Phi) is 13.8. The van der Waals surface area contributed by atoms with E-state index in [4.69, 9.17) is 4.42 Å². The molecule has 0 unspecified atom stereocenters. The standard InChI is InChI=1S/C64H55N5O5S/c1-3-4-5-6-10-18-43(2)44-26-28-47(29-27-44)66-38-17-19-45-39-46-40-54(64(73)74-59(46)42-58(45)66)56-35-36-57(60-37-34-53(75-60)41-55-61(63(71)72)65-69(62(55)70)52-24-15-9-16-25-52)68(56)51-32-30-50(31-33-51)67(48-20-11-7-12-21-48)49-22-13-8-14-23-49/h7-9,11-16,20-37,39-42H,2-6,10,17-19,38H2,1H3,(H,71,72). The number of hydrogen-bond acceptors (Lipinski definition) is 8. The molecule has 0 bridgehead atoms. The van der Waals surface area contributed by atoms with Gasteiger partial charge in [-0.05, 0) is 158 Å². The molecule has 1 amide bonds. The van der Waals surface area contributed by atoms with Gasteiger partial charge in [-0.1, -0.05) is 106 Å². The third-order valence-electron chi connectivity index (χ3n) is 14.0. The van der Waals surface area contributed by atoms with Gasteiger partial charge in [0.1, 0.15) is 5.58 Å². The van der Waals surface area contributed by atoms with E-state index in [2.05, 4.69) is 99.7 Å². The zero-order valence-electron chi connectivity index (χ0n) is 41.7. The van der Waals surface area contributed by atoms with Gasteiger partial charge in [-0.3, -0.25) is 4.79 Å². The first-order valence-corrected chi connectivity index (χ1v) is 26.5. The minimum Gasteiger partial charge on any atom is -0.476 e. The lowest BCUT2D eigenvalue weighted by atomic mass is 9.97. The Morgan fingerprint density at radius 2 is 1.37 bits per heavy atom. The molecule has 6 aromatic carbocycles. The normalized spacial score (nSPS) is 13.9. The summed E-state index contributed by atoms with van der Waals surface area (Å²) in [5.74, 6) is -1.83. The fourth-order valence-electron chi connectivity index (χ4n) is 10.2. The smallest absolute Gasteiger partial charge is 0.357 e. The lowest BCUT2D eigenvalue weighted by Gasteiger charge is -2.31. The zero-order valence-corrected chi connectivity index (χ0v) is 42.5. The van der Waals surface area contributed by atoms with E-state index >= 15 is 0 Å². The molecule has 1 N–H and O–H groups in total. The summed E-state index contributed by atoms with van der Waals surface area (Å²) >= 11 is 1.40. The van der Waals surface area contributed by atoms with Crippen LogP contribution in [0, 0.1) is 0 Å². The highest BCUT2D eigenvalue weighted by molar-refractivity contribution is 7.16. The molecule has 372 valence electrons. The lowest BCUT2D eigenvalue weighted by Crippen LogP contribution is -2.24. The summed E-state index contributed by atoms with van der Waals surface area (Å²) in [5, 5.41) is 16.3. The van der Waals surface area contributed by atoms with Gasteiger partial charge in [-0.2, -0.15) is 10.1 Å². The van der Waals surface area contributed by atoms with E-state index in [0.29, 0.717) is 27.4 Å². The molecule has 0 saturated heterocycles. The van der Waals surface area contributed by atoms with Gasteiger partial charge < -0.3 is 23.9 Å². The molecule has 0 radical (unpaired) electrons. The quantitative estimate of drug-likeness (QED) is 0.0549. The third-order valence-corrected chi connectivity index (χ3v) is 15.1. The molecule has 0 atom stereocenters. The molecular formula is C64H55N5O5S. The number of anilines is 6. The van der Waals surface area contributed by atoms with Crippen LogP contribution in [0.5, 0.6) is 0 Å². The largest absolute Gasteiger partial charge is 0.476 e. The van der Waals surface area contributed by atoms with Gasteiger partial charge in [0.25, 0.3) is 5.91 Å². The van der Waals surface area contributed by atoms with Crippen LogP contribution in [0.3, 0.4) is 0 Å². The Bertz CT molecular complexity index is 3650. The van der Waals surface area contributed by atoms with Crippen LogP contribution in [0.2, 0.25) is 0 Å². The van der Waals surface area contributed by atoms with Crippen molar-refractivity contribution >= 4 is 85.7 Å². The van der Waals surface area contributed by atoms with E-state index in [1.807, 2.05) is 91.0 Å². The Balaban J connectivity index is 0.962. The van der Waals surface area contributed by atoms with E-state index in [1.165, 1.54) is 53.7 Å². The van der Waals surface area contributed by atoms with Crippen molar-refractivity contribution in [2.75, 3.05) is 21.4 Å². The van der Waals surface area contributed by atoms with Crippen LogP contribution < -0.4 is 20.4 Å². The number of para-hydroxylation sites is 3. The number of hydrogen-bond donors (Lipinski definition) is 1. The van der Waals surface area contributed by atoms with Crippen LogP contribution in [0.4, 0.5) is 34.1 Å². The molecular weight excluding hydrogens is 951 g/mol. The number of fused-ring (bicyclic) bond motifs is 2. The molecule has 11 heteroatoms. The number of carbonyl (C=O) groups is 2. The van der Waals surface area contributed by atoms with Crippen LogP contribution in [0.25, 0.3) is 50.1 Å². The van der Waals surface area contributed by atoms with Gasteiger partial charge >= 0.3 is 11.6 Å². The number of nitrogens with zero attached hydrogens (tertiary/aromatic N) is 5. The van der Waals surface area contributed by atoms with Crippen molar-refractivity contribution in [1.29, 1.82) is 0 Å². The number of hydrazone groups is 1. The van der Waals surface area contributed by atoms with Crippen LogP contribution in [0.15, 0.2) is 208 Å². The minimum absolute atomic E-state index is 0.0186. The number of benzene rings is 6. The van der Waals surface area contributed by atoms with Crippen molar-refractivity contribution in [2.45, 2.75) is 58.3 Å². The van der Waals surface area contributed by atoms with Crippen molar-refractivity contribution in [3.63, 3.8) is 0 Å². The number of thiophene rings is 1. The summed E-state index contributed by atoms with van der Waals surface area (Å²) in [6.45, 7) is 7.50. The van der Waals surface area contributed by atoms with Crippen molar-refractivity contribution in [3.05, 3.63) is 221 Å². The zero-order chi connectivity index (χ0) is 51.4. The van der Waals surface area contributed by atoms with Gasteiger partial charge in [-0.25, -0.2) is 9.59 Å². The summed E-state index contributed by atoms with van der Waals surface area (Å²) in [7, 11) is 0. The number of aliphatic carboxylic acids is 1. The van der Waals surface area contributed by atoms with E-state index in [9.17, 15) is 19.5 Å². The van der Waals surface area contributed by atoms with E-state index in [1.54, 1.807) is 30.3 Å². The van der Waals surface area contributed by atoms with Crippen LogP contribution in [-0.2, 0) is 16.0 Å². The molecule has 0 saturated carbocycles. The van der Waals surface area contributed by atoms with Gasteiger partial charge in [0.15, 0.2) is 5.71 Å². The fraction of sp³-hybridized carbons (Fsp3) is 0.156. The summed E-state index contributed by atoms with van der Waals surface area (Å²) in [5.41, 5.74) is 11.4. The minimum atomic E-state index is -1.30. The maximum atomic E-state index is 14.5. The number of carboxylic acids is 1. The summed E-state index contributed by atoms with van der Waals surface area (Å²) in [4.78, 5) is 46.7. The summed E-state index contributed by atoms with van der Waals surface area (Å²) in [6, 6.07) is 60.0. The maximum Gasteiger partial charge on any atom is 0.357 e. The number of allylic oxidation sites excluding steroid dienone is 1. The third kappa shape index (κ3) is 9.90. The SMILES string of the molecule is C=C(CCCCCCC)c1ccc(N2CCCc3cc4cc(-c5ccc(-c6ccc(C=C7C(=O)N(c8ccccc8)N=C7C(=O)O)s6)n5-c5ccc(N(c6ccccc6)c6ccccc6)cc5)c(=O)oc4cc32)cc1. The lowest BCUT2D eigenvalue weighted by molar-refractivity contribution is -0.129. The second-order valence-corrected chi connectivity index (χ2v) is 20.1. The number of aryl methyl sites for hydroxylation is 1. The summed E-state index contributed by atoms with van der Waals surface area (Å²) < 4.78 is 8.37. The number of unbranched alkanes of at least 4 members (excludes halogenated alkanes) is 4. The highest BCUT2D eigenvalue weighted by atomic mass is 32.1. The first-order valence-electron chi connectivity index (χ1n) is 25.7. The Labute approximate surface area is 440 Å². The molecule has 5 heterocycles. The predicted octanol–water partition coefficient (Wildman–Crippen LogP) is 15.8. The maximum absolute atomic E-state index is 14.5. The first-order chi connectivity index (χ1) is 36.7. The Morgan fingerprint density at radius 1 is 0.720 bits per heavy atom. The molecule has 2 aliphatic rings. The molecule has 2 aliphatic heterocycles. The van der Waals surface area contributed by atoms with Crippen molar-refractivity contribution in [3.8, 4) is 27.5 Å². The number of amides is 1. The molecule has 9 aromatic rings. The molecule has 0 aliphatic carbocycles. The van der Waals surface area contributed by atoms with Gasteiger partial charge in [0.05, 0.1) is 33.1 Å². The van der Waals surface area contributed by atoms with E-state index in [-0.39, 0.29) is 11.3 Å². The topological polar surface area (TPSA) is 112 Å². The number of rotatable bonds is 17. The average Bonchev–Trinajstić information content (AvgIpc) is 4.19. The second kappa shape index (κ2) is 21.3. The van der Waals surface area contributed by atoms with Gasteiger partial charge in [0, 0.05) is 57.0 Å². The molecule has 3 aromatic heterocycles. The van der Waals surface area contributed by atoms with Gasteiger partial charge in [0.2, 0.25) is 0 Å². The molecule has 10 nitrogen and oxygen atoms in total. The number of carboxylic acid groups (broad SMARTS) is 1. The van der Waals surface area contributed by atoms with Crippen molar-refractivity contribution in [1.82, 2.24) is 4.57 Å². The van der Waals surface area contributed by atoms with Crippen LogP contribution in [0.1, 0.15) is 67.9 Å². The summed E-state index contributed by atoms with van der Waals surface area (Å²) in [6.07, 6.45) is 10.6. The van der Waals surface area contributed by atoms with Gasteiger partial charge in [-0.15, -0.1) is 11.3 Å². The highest BCUT2D eigenvalue weighted by Crippen LogP contribution is 2.41. The van der Waals surface area contributed by atoms with Crippen molar-refractivity contribution < 1.29 is 19.1 Å². The molecule has 0 fully saturated rings. The van der Waals surface area contributed by atoms with Crippen LogP contribution >= 0.6 is 11.3 Å². The molecule has 0 spiro atoms. The van der Waals surface area contributed by atoms with E-state index < -0.39 is 17.5 Å². The Morgan fingerprint density at radius 3 is 2.07 bits per heavy atom. The molecule has 75 heavy (non-hydrogen) atoms. The Hall–Kier alpha value is -8.80. The second-order valence-electron chi connectivity index (χ2n) is 19.0. The predicted molar refractivity (Wildman–Crippen MR) is 306 cm³/mol. The fourth-order valence-corrected chi connectivity index (χ4v) is 11.2. The van der Waals surface area contributed by atoms with E-state index in [0.717, 1.165) is 87.3 Å². The highest BCUT2D eigenvalue weighted by Gasteiger charge is 2.35. The van der Waals surface area contributed by atoms with Crippen molar-refractivity contribution in [2.24, 2.45) is 5.10 Å². The number of carbonyl (C=O) groups excluding carboxylic acids is 1. The van der Waals surface area contributed by atoms with Crippen LogP contribution in [-0.4, -0.2) is 33.8 Å². The number of aromatic nitrogens is 1. The first kappa shape index (κ1) is 48.5.